The summed E-state index contributed by atoms with van der Waals surface area (Å²) in [5.74, 6) is 1.32. The number of rotatable bonds is 6. The number of fused-ring (bicyclic) bond motifs is 1. The minimum Gasteiger partial charge on any atom is -0.404 e. The second-order valence-electron chi connectivity index (χ2n) is 6.06. The first kappa shape index (κ1) is 17.1. The average molecular weight is 313 g/mol. The monoisotopic (exact) mass is 313 g/mol. The zero-order valence-corrected chi connectivity index (χ0v) is 14.2. The molecule has 1 heterocycles. The Balaban J connectivity index is 2.43. The van der Waals surface area contributed by atoms with Crippen molar-refractivity contribution in [2.45, 2.75) is 26.8 Å². The van der Waals surface area contributed by atoms with Gasteiger partial charge in [0.05, 0.1) is 5.52 Å². The molecule has 23 heavy (non-hydrogen) atoms. The Morgan fingerprint density at radius 3 is 2.78 bits per heavy atom. The first-order valence-corrected chi connectivity index (χ1v) is 8.03. The molecular weight excluding hydrogens is 286 g/mol. The van der Waals surface area contributed by atoms with Gasteiger partial charge in [0.15, 0.2) is 0 Å². The fourth-order valence-corrected chi connectivity index (χ4v) is 2.76. The normalized spacial score (nSPS) is 12.7. The highest BCUT2D eigenvalue weighted by Gasteiger charge is 2.10. The van der Waals surface area contributed by atoms with Crippen LogP contribution in [-0.4, -0.2) is 24.0 Å². The van der Waals surface area contributed by atoms with Crippen LogP contribution < -0.4 is 16.8 Å². The molecule has 124 valence electrons. The number of nitrogens with one attached hydrogen (secondary N) is 1. The lowest BCUT2D eigenvalue weighted by Gasteiger charge is -2.10. The lowest BCUT2D eigenvalue weighted by molar-refractivity contribution is 0.534. The minimum atomic E-state index is 0.584. The molecule has 0 radical (unpaired) electrons. The van der Waals surface area contributed by atoms with E-state index < -0.39 is 0 Å². The predicted octanol–water partition coefficient (Wildman–Crippen LogP) is 2.71. The van der Waals surface area contributed by atoms with Crippen molar-refractivity contribution in [1.82, 2.24) is 4.57 Å². The van der Waals surface area contributed by atoms with E-state index in [4.69, 9.17) is 11.5 Å². The third-order valence-electron chi connectivity index (χ3n) is 3.71. The van der Waals surface area contributed by atoms with Crippen molar-refractivity contribution < 1.29 is 0 Å². The Labute approximate surface area is 138 Å². The third-order valence-corrected chi connectivity index (χ3v) is 3.71. The maximum Gasteiger partial charge on any atom is 0.126 e. The molecule has 1 aromatic heterocycles. The van der Waals surface area contributed by atoms with Crippen LogP contribution in [0.5, 0.6) is 0 Å². The molecule has 1 aromatic carbocycles. The highest BCUT2D eigenvalue weighted by molar-refractivity contribution is 6.04. The van der Waals surface area contributed by atoms with Crippen LogP contribution in [0.15, 0.2) is 41.7 Å². The summed E-state index contributed by atoms with van der Waals surface area (Å²) in [6, 6.07) is 6.38. The zero-order valence-electron chi connectivity index (χ0n) is 14.2. The average Bonchev–Trinajstić information content (AvgIpc) is 2.84. The van der Waals surface area contributed by atoms with Crippen molar-refractivity contribution in [3.8, 4) is 0 Å². The Kier molecular flexibility index (Phi) is 5.82. The summed E-state index contributed by atoms with van der Waals surface area (Å²) in [6.07, 6.45) is 6.35. The highest BCUT2D eigenvalue weighted by atomic mass is 15.0. The summed E-state index contributed by atoms with van der Waals surface area (Å²) in [5, 5.41) is 4.56. The molecule has 0 bridgehead atoms. The predicted molar refractivity (Wildman–Crippen MR) is 99.8 cm³/mol. The van der Waals surface area contributed by atoms with E-state index >= 15 is 0 Å². The molecule has 0 spiro atoms. The number of nitrogens with zero attached hydrogens (tertiary/aromatic N) is 2. The fraction of sp³-hybridized carbons (Fsp3) is 0.389. The van der Waals surface area contributed by atoms with Gasteiger partial charge in [-0.25, -0.2) is 0 Å². The van der Waals surface area contributed by atoms with Crippen LogP contribution in [0, 0.1) is 5.92 Å². The van der Waals surface area contributed by atoms with Crippen LogP contribution in [0.4, 0.5) is 5.69 Å². The summed E-state index contributed by atoms with van der Waals surface area (Å²) in [5.41, 5.74) is 14.7. The summed E-state index contributed by atoms with van der Waals surface area (Å²) < 4.78 is 2.32. The Bertz CT molecular complexity index is 710. The van der Waals surface area contributed by atoms with Gasteiger partial charge in [-0.05, 0) is 48.9 Å². The molecule has 0 aliphatic heterocycles. The van der Waals surface area contributed by atoms with Gasteiger partial charge in [0.1, 0.15) is 5.84 Å². The molecule has 0 unspecified atom stereocenters. The Morgan fingerprint density at radius 2 is 2.17 bits per heavy atom. The SMILES string of the molecule is CN=C(C=CN)Nc1ccc2c(CCN)cn(CC(C)C)c2c1. The quantitative estimate of drug-likeness (QED) is 0.566. The fourth-order valence-electron chi connectivity index (χ4n) is 2.76. The molecule has 0 aliphatic carbocycles. The number of anilines is 1. The zero-order chi connectivity index (χ0) is 16.8. The van der Waals surface area contributed by atoms with E-state index in [1.807, 2.05) is 0 Å². The molecule has 2 aromatic rings. The van der Waals surface area contributed by atoms with E-state index in [1.54, 1.807) is 13.1 Å². The molecule has 0 aliphatic rings. The summed E-state index contributed by atoms with van der Waals surface area (Å²) >= 11 is 0. The van der Waals surface area contributed by atoms with E-state index in [0.717, 1.165) is 24.5 Å². The van der Waals surface area contributed by atoms with Crippen LogP contribution in [0.25, 0.3) is 10.9 Å². The van der Waals surface area contributed by atoms with Gasteiger partial charge < -0.3 is 21.4 Å². The van der Waals surface area contributed by atoms with Gasteiger partial charge in [0.25, 0.3) is 0 Å². The van der Waals surface area contributed by atoms with Crippen molar-refractivity contribution in [2.24, 2.45) is 22.4 Å². The van der Waals surface area contributed by atoms with Crippen molar-refractivity contribution in [2.75, 3.05) is 18.9 Å². The Morgan fingerprint density at radius 1 is 1.39 bits per heavy atom. The van der Waals surface area contributed by atoms with Gasteiger partial charge >= 0.3 is 0 Å². The van der Waals surface area contributed by atoms with E-state index in [0.29, 0.717) is 12.5 Å². The van der Waals surface area contributed by atoms with Crippen LogP contribution in [0.1, 0.15) is 19.4 Å². The van der Waals surface area contributed by atoms with Crippen molar-refractivity contribution in [3.05, 3.63) is 42.2 Å². The molecule has 0 amide bonds. The number of amidine groups is 1. The number of benzene rings is 1. The topological polar surface area (TPSA) is 81.4 Å². The number of hydrogen-bond donors (Lipinski definition) is 3. The molecule has 0 saturated carbocycles. The highest BCUT2D eigenvalue weighted by Crippen LogP contribution is 2.26. The molecular formula is C18H27N5. The van der Waals surface area contributed by atoms with Gasteiger partial charge in [-0.2, -0.15) is 0 Å². The van der Waals surface area contributed by atoms with Gasteiger partial charge in [0, 0.05) is 30.9 Å². The number of hydrogen-bond acceptors (Lipinski definition) is 3. The lowest BCUT2D eigenvalue weighted by atomic mass is 10.1. The van der Waals surface area contributed by atoms with E-state index in [9.17, 15) is 0 Å². The van der Waals surface area contributed by atoms with Gasteiger partial charge in [-0.15, -0.1) is 0 Å². The van der Waals surface area contributed by atoms with Crippen LogP contribution in [0.3, 0.4) is 0 Å². The molecule has 0 fully saturated rings. The molecule has 5 nitrogen and oxygen atoms in total. The van der Waals surface area contributed by atoms with Crippen molar-refractivity contribution in [3.63, 3.8) is 0 Å². The van der Waals surface area contributed by atoms with Crippen LogP contribution in [0.2, 0.25) is 0 Å². The standard InChI is InChI=1S/C18H27N5/c1-13(2)11-23-12-14(6-8-19)16-5-4-15(10-17(16)23)22-18(21-3)7-9-20/h4-5,7,9-10,12-13H,6,8,11,19-20H2,1-3H3,(H,21,22). The first-order chi connectivity index (χ1) is 11.1. The maximum atomic E-state index is 5.75. The van der Waals surface area contributed by atoms with Crippen molar-refractivity contribution >= 4 is 22.4 Å². The number of aliphatic imine (C=N–C) groups is 1. The molecule has 5 heteroatoms. The molecule has 5 N–H and O–H groups in total. The molecule has 2 rings (SSSR count). The first-order valence-electron chi connectivity index (χ1n) is 8.03. The number of aromatic nitrogens is 1. The Hall–Kier alpha value is -2.27. The second-order valence-corrected chi connectivity index (χ2v) is 6.06. The molecule has 0 atom stereocenters. The van der Waals surface area contributed by atoms with E-state index in [1.165, 1.54) is 22.7 Å². The summed E-state index contributed by atoms with van der Waals surface area (Å²) in [4.78, 5) is 4.17. The third kappa shape index (κ3) is 4.13. The van der Waals surface area contributed by atoms with E-state index in [2.05, 4.69) is 53.1 Å². The van der Waals surface area contributed by atoms with E-state index in [-0.39, 0.29) is 0 Å². The molecule has 0 saturated heterocycles. The minimum absolute atomic E-state index is 0.584. The van der Waals surface area contributed by atoms with Gasteiger partial charge in [-0.1, -0.05) is 19.9 Å². The second kappa shape index (κ2) is 7.83. The number of nitrogens with two attached hydrogens (primary N) is 2. The smallest absolute Gasteiger partial charge is 0.126 e. The van der Waals surface area contributed by atoms with Crippen LogP contribution >= 0.6 is 0 Å². The summed E-state index contributed by atoms with van der Waals surface area (Å²) in [6.45, 7) is 6.10. The van der Waals surface area contributed by atoms with Gasteiger partial charge in [-0.3, -0.25) is 4.99 Å². The lowest BCUT2D eigenvalue weighted by Crippen LogP contribution is -2.09. The summed E-state index contributed by atoms with van der Waals surface area (Å²) in [7, 11) is 1.74. The largest absolute Gasteiger partial charge is 0.404 e. The maximum absolute atomic E-state index is 5.75. The van der Waals surface area contributed by atoms with Crippen LogP contribution in [-0.2, 0) is 13.0 Å². The van der Waals surface area contributed by atoms with Crippen molar-refractivity contribution in [1.29, 1.82) is 0 Å². The van der Waals surface area contributed by atoms with Gasteiger partial charge in [0.2, 0.25) is 0 Å².